The molecule has 0 unspecified atom stereocenters. The lowest BCUT2D eigenvalue weighted by molar-refractivity contribution is 1.54. The van der Waals surface area contributed by atoms with E-state index in [1.54, 1.807) is 0 Å². The lowest BCUT2D eigenvalue weighted by Crippen LogP contribution is -1.81. The third-order valence-corrected chi connectivity index (χ3v) is 2.49. The van der Waals surface area contributed by atoms with Crippen molar-refractivity contribution < 1.29 is 0 Å². The van der Waals surface area contributed by atoms with Crippen molar-refractivity contribution in [2.45, 2.75) is 4.90 Å². The van der Waals surface area contributed by atoms with Crippen LogP contribution in [0.5, 0.6) is 0 Å². The Kier molecular flexibility index (Phi) is 2.02. The summed E-state index contributed by atoms with van der Waals surface area (Å²) < 4.78 is 0. The Morgan fingerprint density at radius 2 is 1.67 bits per heavy atom. The molecule has 0 amide bonds. The Morgan fingerprint density at radius 1 is 0.917 bits per heavy atom. The minimum Gasteiger partial charge on any atom is -0.274 e. The summed E-state index contributed by atoms with van der Waals surface area (Å²) in [5, 5.41) is 8.01. The zero-order valence-corrected chi connectivity index (χ0v) is 7.34. The van der Waals surface area contributed by atoms with Crippen LogP contribution < -0.4 is 5.14 Å². The maximum atomic E-state index is 5.53. The Bertz CT molecular complexity index is 392. The third kappa shape index (κ3) is 1.19. The van der Waals surface area contributed by atoms with E-state index in [2.05, 4.69) is 18.2 Å². The summed E-state index contributed by atoms with van der Waals surface area (Å²) in [6, 6.07) is 14.4. The van der Waals surface area contributed by atoms with Crippen LogP contribution in [0, 0.1) is 0 Å². The molecule has 0 heterocycles. The topological polar surface area (TPSA) is 26.0 Å². The molecule has 2 N–H and O–H groups in total. The fraction of sp³-hybridized carbons (Fsp3) is 0. The van der Waals surface area contributed by atoms with E-state index in [1.807, 2.05) is 24.3 Å². The second-order valence-corrected chi connectivity index (χ2v) is 3.27. The first-order valence-corrected chi connectivity index (χ1v) is 4.64. The van der Waals surface area contributed by atoms with Gasteiger partial charge in [-0.15, -0.1) is 0 Å². The normalized spacial score (nSPS) is 10.4. The molecule has 2 rings (SSSR count). The van der Waals surface area contributed by atoms with E-state index >= 15 is 0 Å². The number of benzene rings is 2. The summed E-state index contributed by atoms with van der Waals surface area (Å²) in [7, 11) is 0. The van der Waals surface area contributed by atoms with Gasteiger partial charge in [-0.3, -0.25) is 5.14 Å². The van der Waals surface area contributed by atoms with Crippen LogP contribution in [-0.4, -0.2) is 0 Å². The molecule has 0 atom stereocenters. The van der Waals surface area contributed by atoms with Gasteiger partial charge >= 0.3 is 0 Å². The Morgan fingerprint density at radius 3 is 2.50 bits per heavy atom. The van der Waals surface area contributed by atoms with Gasteiger partial charge in [0.2, 0.25) is 0 Å². The van der Waals surface area contributed by atoms with Gasteiger partial charge in [0, 0.05) is 4.90 Å². The van der Waals surface area contributed by atoms with Gasteiger partial charge in [0.15, 0.2) is 0 Å². The minimum atomic E-state index is 1.13. The van der Waals surface area contributed by atoms with Crippen LogP contribution in [0.3, 0.4) is 0 Å². The molecule has 0 radical (unpaired) electrons. The molecule has 2 aromatic carbocycles. The van der Waals surface area contributed by atoms with Crippen molar-refractivity contribution >= 4 is 22.7 Å². The Hall–Kier alpha value is -0.990. The van der Waals surface area contributed by atoms with Crippen molar-refractivity contribution in [3.63, 3.8) is 0 Å². The molecule has 0 spiro atoms. The Balaban J connectivity index is 2.79. The molecule has 0 aliphatic rings. The van der Waals surface area contributed by atoms with Crippen LogP contribution >= 0.6 is 11.9 Å². The molecule has 0 fully saturated rings. The lowest BCUT2D eigenvalue weighted by Gasteiger charge is -2.01. The fourth-order valence-electron chi connectivity index (χ4n) is 1.30. The van der Waals surface area contributed by atoms with Gasteiger partial charge in [0.05, 0.1) is 0 Å². The van der Waals surface area contributed by atoms with Gasteiger partial charge in [0.1, 0.15) is 0 Å². The third-order valence-electron chi connectivity index (χ3n) is 1.88. The smallest absolute Gasteiger partial charge is 0.0304 e. The van der Waals surface area contributed by atoms with E-state index in [0.717, 1.165) is 4.90 Å². The lowest BCUT2D eigenvalue weighted by atomic mass is 10.1. The maximum Gasteiger partial charge on any atom is 0.0304 e. The molecular formula is C10H9NS. The molecule has 12 heavy (non-hydrogen) atoms. The molecule has 1 nitrogen and oxygen atoms in total. The quantitative estimate of drug-likeness (QED) is 0.674. The Labute approximate surface area is 75.7 Å². The van der Waals surface area contributed by atoms with Crippen molar-refractivity contribution in [1.82, 2.24) is 0 Å². The predicted octanol–water partition coefficient (Wildman–Crippen LogP) is 2.81. The highest BCUT2D eigenvalue weighted by Crippen LogP contribution is 2.23. The minimum absolute atomic E-state index is 1.13. The highest BCUT2D eigenvalue weighted by molar-refractivity contribution is 7.97. The van der Waals surface area contributed by atoms with Crippen molar-refractivity contribution in [1.29, 1.82) is 0 Å². The zero-order chi connectivity index (χ0) is 8.39. The summed E-state index contributed by atoms with van der Waals surface area (Å²) in [5.74, 6) is 0. The second kappa shape index (κ2) is 3.17. The van der Waals surface area contributed by atoms with Crippen molar-refractivity contribution in [3.8, 4) is 0 Å². The SMILES string of the molecule is NSc1cccc2ccccc12. The summed E-state index contributed by atoms with van der Waals surface area (Å²) in [6.07, 6.45) is 0. The number of nitrogens with two attached hydrogens (primary N) is 1. The van der Waals surface area contributed by atoms with E-state index in [1.165, 1.54) is 22.7 Å². The monoisotopic (exact) mass is 175 g/mol. The first kappa shape index (κ1) is 7.65. The summed E-state index contributed by atoms with van der Waals surface area (Å²) in [5.41, 5.74) is 0. The summed E-state index contributed by atoms with van der Waals surface area (Å²) in [4.78, 5) is 1.13. The predicted molar refractivity (Wildman–Crippen MR) is 54.0 cm³/mol. The number of rotatable bonds is 1. The van der Waals surface area contributed by atoms with Gasteiger partial charge in [-0.2, -0.15) is 0 Å². The highest BCUT2D eigenvalue weighted by Gasteiger charge is 1.96. The molecule has 0 saturated heterocycles. The summed E-state index contributed by atoms with van der Waals surface area (Å²) >= 11 is 1.30. The molecule has 0 aliphatic carbocycles. The first-order valence-electron chi connectivity index (χ1n) is 3.76. The molecule has 0 aliphatic heterocycles. The number of hydrogen-bond acceptors (Lipinski definition) is 2. The fourth-order valence-corrected chi connectivity index (χ4v) is 1.77. The number of fused-ring (bicyclic) bond motifs is 1. The molecule has 0 aromatic heterocycles. The maximum absolute atomic E-state index is 5.53. The standard InChI is InChI=1S/C10H9NS/c11-12-10-7-3-5-8-4-1-2-6-9(8)10/h1-7H,11H2. The molecule has 2 heteroatoms. The van der Waals surface area contributed by atoms with Gasteiger partial charge in [-0.1, -0.05) is 36.4 Å². The summed E-state index contributed by atoms with van der Waals surface area (Å²) in [6.45, 7) is 0. The van der Waals surface area contributed by atoms with E-state index in [0.29, 0.717) is 0 Å². The number of hydrogen-bond donors (Lipinski definition) is 1. The molecule has 60 valence electrons. The van der Waals surface area contributed by atoms with Crippen LogP contribution in [0.1, 0.15) is 0 Å². The van der Waals surface area contributed by atoms with E-state index in [-0.39, 0.29) is 0 Å². The average molecular weight is 175 g/mol. The van der Waals surface area contributed by atoms with Crippen molar-refractivity contribution in [2.75, 3.05) is 0 Å². The van der Waals surface area contributed by atoms with Crippen LogP contribution in [-0.2, 0) is 0 Å². The van der Waals surface area contributed by atoms with Gasteiger partial charge in [-0.25, -0.2) is 0 Å². The van der Waals surface area contributed by atoms with Crippen LogP contribution in [0.4, 0.5) is 0 Å². The van der Waals surface area contributed by atoms with Gasteiger partial charge < -0.3 is 0 Å². The van der Waals surface area contributed by atoms with Crippen LogP contribution in [0.2, 0.25) is 0 Å². The first-order chi connectivity index (χ1) is 5.92. The van der Waals surface area contributed by atoms with Gasteiger partial charge in [-0.05, 0) is 28.8 Å². The second-order valence-electron chi connectivity index (χ2n) is 2.60. The van der Waals surface area contributed by atoms with Gasteiger partial charge in [0.25, 0.3) is 0 Å². The van der Waals surface area contributed by atoms with E-state index < -0.39 is 0 Å². The average Bonchev–Trinajstić information content (AvgIpc) is 2.17. The highest BCUT2D eigenvalue weighted by atomic mass is 32.2. The van der Waals surface area contributed by atoms with Crippen molar-refractivity contribution in [2.24, 2.45) is 5.14 Å². The largest absolute Gasteiger partial charge is 0.274 e. The van der Waals surface area contributed by atoms with Crippen LogP contribution in [0.25, 0.3) is 10.8 Å². The van der Waals surface area contributed by atoms with E-state index in [9.17, 15) is 0 Å². The zero-order valence-electron chi connectivity index (χ0n) is 6.53. The molecule has 0 bridgehead atoms. The van der Waals surface area contributed by atoms with E-state index in [4.69, 9.17) is 5.14 Å². The van der Waals surface area contributed by atoms with Crippen molar-refractivity contribution in [3.05, 3.63) is 42.5 Å². The molecule has 0 saturated carbocycles. The molecule has 2 aromatic rings. The molecular weight excluding hydrogens is 166 g/mol. The van der Waals surface area contributed by atoms with Crippen LogP contribution in [0.15, 0.2) is 47.4 Å².